The highest BCUT2D eigenvalue weighted by molar-refractivity contribution is 7.17. The van der Waals surface area contributed by atoms with Crippen molar-refractivity contribution in [1.29, 1.82) is 5.26 Å². The molecule has 0 unspecified atom stereocenters. The summed E-state index contributed by atoms with van der Waals surface area (Å²) in [7, 11) is 0. The third kappa shape index (κ3) is 3.28. The van der Waals surface area contributed by atoms with E-state index < -0.39 is 0 Å². The van der Waals surface area contributed by atoms with Crippen LogP contribution in [0.15, 0.2) is 54.9 Å². The lowest BCUT2D eigenvalue weighted by molar-refractivity contribution is 0.103. The van der Waals surface area contributed by atoms with Gasteiger partial charge in [0.1, 0.15) is 0 Å². The van der Waals surface area contributed by atoms with Crippen LogP contribution in [0.2, 0.25) is 0 Å². The lowest BCUT2D eigenvalue weighted by Gasteiger charge is -2.03. The molecule has 0 aliphatic rings. The Morgan fingerprint density at radius 2 is 1.96 bits per heavy atom. The number of aromatic nitrogens is 1. The molecule has 0 bridgehead atoms. The number of hydrogen-bond acceptors (Lipinski definition) is 4. The predicted octanol–water partition coefficient (Wildman–Crippen LogP) is 4.24. The van der Waals surface area contributed by atoms with E-state index in [1.807, 2.05) is 31.3 Å². The maximum atomic E-state index is 12.3. The molecule has 0 fully saturated rings. The Labute approximate surface area is 138 Å². The summed E-state index contributed by atoms with van der Waals surface area (Å²) in [6.45, 7) is 2.00. The molecular formula is C18H13N3OS. The molecule has 0 spiro atoms. The van der Waals surface area contributed by atoms with E-state index in [2.05, 4.69) is 16.4 Å². The van der Waals surface area contributed by atoms with Crippen molar-refractivity contribution in [1.82, 2.24) is 4.98 Å². The fraction of sp³-hybridized carbons (Fsp3) is 0.0556. The molecule has 5 heteroatoms. The average Bonchev–Trinajstić information content (AvgIpc) is 3.06. The number of nitrogens with zero attached hydrogens (tertiary/aromatic N) is 2. The zero-order valence-corrected chi connectivity index (χ0v) is 13.2. The summed E-state index contributed by atoms with van der Waals surface area (Å²) in [5.74, 6) is -0.155. The van der Waals surface area contributed by atoms with Crippen LogP contribution < -0.4 is 5.32 Å². The molecule has 0 saturated carbocycles. The second kappa shape index (κ2) is 6.42. The van der Waals surface area contributed by atoms with Gasteiger partial charge < -0.3 is 5.32 Å². The Kier molecular flexibility index (Phi) is 4.18. The molecule has 2 heterocycles. The van der Waals surface area contributed by atoms with Crippen molar-refractivity contribution in [3.63, 3.8) is 0 Å². The summed E-state index contributed by atoms with van der Waals surface area (Å²) in [4.78, 5) is 18.1. The highest BCUT2D eigenvalue weighted by atomic mass is 32.1. The molecule has 112 valence electrons. The number of amides is 1. The first kappa shape index (κ1) is 14.9. The minimum Gasteiger partial charge on any atom is -0.321 e. The number of pyridine rings is 1. The number of thiophene rings is 1. The van der Waals surface area contributed by atoms with Gasteiger partial charge in [-0.3, -0.25) is 9.78 Å². The average molecular weight is 319 g/mol. The fourth-order valence-corrected chi connectivity index (χ4v) is 3.17. The number of anilines is 1. The van der Waals surface area contributed by atoms with Crippen molar-refractivity contribution >= 4 is 22.9 Å². The third-order valence-electron chi connectivity index (χ3n) is 3.39. The third-order valence-corrected chi connectivity index (χ3v) is 4.50. The van der Waals surface area contributed by atoms with Gasteiger partial charge >= 0.3 is 0 Å². The Bertz CT molecular complexity index is 891. The first-order chi connectivity index (χ1) is 11.2. The van der Waals surface area contributed by atoms with Crippen LogP contribution >= 0.6 is 11.3 Å². The summed E-state index contributed by atoms with van der Waals surface area (Å²) in [6, 6.07) is 14.6. The lowest BCUT2D eigenvalue weighted by Crippen LogP contribution is -2.09. The second-order valence-electron chi connectivity index (χ2n) is 5.00. The predicted molar refractivity (Wildman–Crippen MR) is 91.4 cm³/mol. The Morgan fingerprint density at radius 3 is 2.65 bits per heavy atom. The minimum absolute atomic E-state index is 0.155. The molecular weight excluding hydrogens is 306 g/mol. The van der Waals surface area contributed by atoms with E-state index in [-0.39, 0.29) is 5.91 Å². The van der Waals surface area contributed by atoms with Gasteiger partial charge in [-0.1, -0.05) is 0 Å². The van der Waals surface area contributed by atoms with E-state index in [9.17, 15) is 4.79 Å². The van der Waals surface area contributed by atoms with Gasteiger partial charge in [0.2, 0.25) is 0 Å². The van der Waals surface area contributed by atoms with Crippen LogP contribution in [0, 0.1) is 18.3 Å². The van der Waals surface area contributed by atoms with Crippen LogP contribution in [0.3, 0.4) is 0 Å². The molecule has 0 radical (unpaired) electrons. The van der Waals surface area contributed by atoms with Crippen LogP contribution in [0.4, 0.5) is 5.69 Å². The molecule has 3 aromatic rings. The zero-order chi connectivity index (χ0) is 16.2. The van der Waals surface area contributed by atoms with Crippen molar-refractivity contribution in [2.45, 2.75) is 6.92 Å². The Balaban J connectivity index is 1.78. The van der Waals surface area contributed by atoms with Crippen LogP contribution in [0.1, 0.15) is 20.8 Å². The summed E-state index contributed by atoms with van der Waals surface area (Å²) < 4.78 is 0. The van der Waals surface area contributed by atoms with Crippen molar-refractivity contribution < 1.29 is 4.79 Å². The molecule has 1 N–H and O–H groups in total. The van der Waals surface area contributed by atoms with Crippen LogP contribution in [-0.2, 0) is 0 Å². The molecule has 23 heavy (non-hydrogen) atoms. The summed E-state index contributed by atoms with van der Waals surface area (Å²) in [5.41, 5.74) is 3.40. The van der Waals surface area contributed by atoms with E-state index in [4.69, 9.17) is 5.26 Å². The van der Waals surface area contributed by atoms with Gasteiger partial charge in [-0.25, -0.2) is 0 Å². The number of carbonyl (C=O) groups excluding carboxylic acids is 1. The number of rotatable bonds is 3. The van der Waals surface area contributed by atoms with E-state index in [1.54, 1.807) is 30.5 Å². The van der Waals surface area contributed by atoms with E-state index in [0.717, 1.165) is 16.0 Å². The Hall–Kier alpha value is -2.97. The fourth-order valence-electron chi connectivity index (χ4n) is 2.18. The van der Waals surface area contributed by atoms with E-state index >= 15 is 0 Å². The molecule has 0 aliphatic heterocycles. The monoisotopic (exact) mass is 319 g/mol. The van der Waals surface area contributed by atoms with E-state index in [0.29, 0.717) is 16.1 Å². The van der Waals surface area contributed by atoms with Gasteiger partial charge in [-0.05, 0) is 60.5 Å². The molecule has 0 atom stereocenters. The molecule has 0 aliphatic carbocycles. The first-order valence-electron chi connectivity index (χ1n) is 7.00. The summed E-state index contributed by atoms with van der Waals surface area (Å²) >= 11 is 1.44. The highest BCUT2D eigenvalue weighted by Crippen LogP contribution is 2.30. The SMILES string of the molecule is Cc1cnccc1-c1ccc(C(=O)Nc2ccc(C#N)cc2)s1. The second-order valence-corrected chi connectivity index (χ2v) is 6.08. The van der Waals surface area contributed by atoms with Gasteiger partial charge in [0.15, 0.2) is 0 Å². The number of nitrogens with one attached hydrogen (secondary N) is 1. The number of carbonyl (C=O) groups is 1. The normalized spacial score (nSPS) is 10.1. The zero-order valence-electron chi connectivity index (χ0n) is 12.4. The van der Waals surface area contributed by atoms with Gasteiger partial charge in [0.25, 0.3) is 5.91 Å². The van der Waals surface area contributed by atoms with Gasteiger partial charge in [-0.2, -0.15) is 5.26 Å². The minimum atomic E-state index is -0.155. The van der Waals surface area contributed by atoms with Crippen LogP contribution in [-0.4, -0.2) is 10.9 Å². The number of benzene rings is 1. The van der Waals surface area contributed by atoms with E-state index in [1.165, 1.54) is 11.3 Å². The largest absolute Gasteiger partial charge is 0.321 e. The summed E-state index contributed by atoms with van der Waals surface area (Å²) in [6.07, 6.45) is 3.56. The first-order valence-corrected chi connectivity index (χ1v) is 7.81. The standard InChI is InChI=1S/C18H13N3OS/c1-12-11-20-9-8-15(12)16-6-7-17(23-16)18(22)21-14-4-2-13(10-19)3-5-14/h2-9,11H,1H3,(H,21,22). The van der Waals surface area contributed by atoms with Crippen LogP contribution in [0.5, 0.6) is 0 Å². The summed E-state index contributed by atoms with van der Waals surface area (Å²) in [5, 5.41) is 11.6. The topological polar surface area (TPSA) is 65.8 Å². The highest BCUT2D eigenvalue weighted by Gasteiger charge is 2.11. The van der Waals surface area contributed by atoms with Crippen molar-refractivity contribution in [2.75, 3.05) is 5.32 Å². The Morgan fingerprint density at radius 1 is 1.17 bits per heavy atom. The molecule has 3 rings (SSSR count). The van der Waals surface area contributed by atoms with Crippen molar-refractivity contribution in [3.8, 4) is 16.5 Å². The molecule has 2 aromatic heterocycles. The molecule has 4 nitrogen and oxygen atoms in total. The van der Waals surface area contributed by atoms with Gasteiger partial charge in [0.05, 0.1) is 16.5 Å². The quantitative estimate of drug-likeness (QED) is 0.785. The van der Waals surface area contributed by atoms with Crippen LogP contribution in [0.25, 0.3) is 10.4 Å². The van der Waals surface area contributed by atoms with Crippen molar-refractivity contribution in [3.05, 3.63) is 70.9 Å². The lowest BCUT2D eigenvalue weighted by atomic mass is 10.1. The van der Waals surface area contributed by atoms with Gasteiger partial charge in [0, 0.05) is 23.0 Å². The smallest absolute Gasteiger partial charge is 0.265 e. The number of nitriles is 1. The number of aryl methyl sites for hydroxylation is 1. The van der Waals surface area contributed by atoms with Gasteiger partial charge in [-0.15, -0.1) is 11.3 Å². The molecule has 1 amide bonds. The molecule has 0 saturated heterocycles. The maximum absolute atomic E-state index is 12.3. The molecule has 1 aromatic carbocycles. The van der Waals surface area contributed by atoms with Crippen molar-refractivity contribution in [2.24, 2.45) is 0 Å². The number of hydrogen-bond donors (Lipinski definition) is 1. The maximum Gasteiger partial charge on any atom is 0.265 e.